The Morgan fingerprint density at radius 3 is 2.52 bits per heavy atom. The van der Waals surface area contributed by atoms with Crippen LogP contribution in [0.15, 0.2) is 40.5 Å². The number of nitrogens with zero attached hydrogens (tertiary/aromatic N) is 4. The highest BCUT2D eigenvalue weighted by Gasteiger charge is 2.27. The third-order valence-electron chi connectivity index (χ3n) is 7.18. The minimum Gasteiger partial charge on any atom is -0.392 e. The number of methoxy groups -OCH3 is 2. The van der Waals surface area contributed by atoms with E-state index in [0.717, 1.165) is 50.4 Å². The molecule has 1 aromatic carbocycles. The first kappa shape index (κ1) is 30.5. The number of carbonyl (C=O) groups is 1. The predicted octanol–water partition coefficient (Wildman–Crippen LogP) is 2.63. The molecule has 0 spiro atoms. The molecule has 2 aromatic rings. The summed E-state index contributed by atoms with van der Waals surface area (Å²) < 4.78 is 35.7. The van der Waals surface area contributed by atoms with E-state index >= 15 is 0 Å². The first-order valence-corrected chi connectivity index (χ1v) is 16.0. The zero-order chi connectivity index (χ0) is 28.5. The first-order chi connectivity index (χ1) is 19.3. The molecule has 1 saturated heterocycles. The highest BCUT2D eigenvalue weighted by Crippen LogP contribution is 2.25. The Hall–Kier alpha value is -2.42. The fraction of sp³-hybridized carbons (Fsp3) is 0.593. The SMILES string of the molecule is COCCCS(=O)(=O)c1ccc(/C(=N\O[C@@H]2CC[C@@H](OC)C2)C(=O)Nc2ncc(CN3CCN(C)CC3)s2)cc1. The summed E-state index contributed by atoms with van der Waals surface area (Å²) in [4.78, 5) is 29.5. The molecule has 1 amide bonds. The number of sulfone groups is 1. The van der Waals surface area contributed by atoms with Crippen LogP contribution in [0.2, 0.25) is 0 Å². The molecule has 0 bridgehead atoms. The van der Waals surface area contributed by atoms with Gasteiger partial charge in [-0.25, -0.2) is 13.4 Å². The fourth-order valence-electron chi connectivity index (χ4n) is 4.72. The van der Waals surface area contributed by atoms with Crippen molar-refractivity contribution in [1.29, 1.82) is 0 Å². The highest BCUT2D eigenvalue weighted by molar-refractivity contribution is 7.91. The lowest BCUT2D eigenvalue weighted by molar-refractivity contribution is -0.110. The van der Waals surface area contributed by atoms with Gasteiger partial charge in [-0.3, -0.25) is 15.0 Å². The number of aromatic nitrogens is 1. The molecule has 220 valence electrons. The molecule has 1 saturated carbocycles. The third kappa shape index (κ3) is 8.54. The van der Waals surface area contributed by atoms with Gasteiger partial charge in [-0.2, -0.15) is 0 Å². The molecule has 1 aliphatic heterocycles. The molecule has 40 heavy (non-hydrogen) atoms. The Bertz CT molecular complexity index is 1240. The molecular weight excluding hydrogens is 554 g/mol. The van der Waals surface area contributed by atoms with E-state index in [0.29, 0.717) is 30.1 Å². The van der Waals surface area contributed by atoms with Gasteiger partial charge in [0.15, 0.2) is 20.7 Å². The van der Waals surface area contributed by atoms with Gasteiger partial charge >= 0.3 is 0 Å². The van der Waals surface area contributed by atoms with Gasteiger partial charge in [0.1, 0.15) is 6.10 Å². The lowest BCUT2D eigenvalue weighted by Crippen LogP contribution is -2.43. The summed E-state index contributed by atoms with van der Waals surface area (Å²) in [7, 11) is 1.86. The van der Waals surface area contributed by atoms with Gasteiger partial charge in [-0.05, 0) is 38.4 Å². The van der Waals surface area contributed by atoms with Crippen molar-refractivity contribution in [2.45, 2.75) is 49.3 Å². The summed E-state index contributed by atoms with van der Waals surface area (Å²) in [5.41, 5.74) is 0.504. The van der Waals surface area contributed by atoms with Crippen LogP contribution in [0, 0.1) is 0 Å². The minimum absolute atomic E-state index is 0.0203. The summed E-state index contributed by atoms with van der Waals surface area (Å²) in [6.45, 7) is 5.20. The van der Waals surface area contributed by atoms with E-state index < -0.39 is 15.7 Å². The third-order valence-corrected chi connectivity index (χ3v) is 9.89. The number of ether oxygens (including phenoxy) is 2. The zero-order valence-electron chi connectivity index (χ0n) is 23.4. The van der Waals surface area contributed by atoms with Gasteiger partial charge in [0.2, 0.25) is 0 Å². The summed E-state index contributed by atoms with van der Waals surface area (Å²) in [6, 6.07) is 6.15. The number of hydrogen-bond donors (Lipinski definition) is 1. The number of anilines is 1. The summed E-state index contributed by atoms with van der Waals surface area (Å²) in [5, 5.41) is 7.57. The lowest BCUT2D eigenvalue weighted by Gasteiger charge is -2.31. The summed E-state index contributed by atoms with van der Waals surface area (Å²) in [6.07, 6.45) is 4.46. The normalized spacial score (nSPS) is 21.0. The van der Waals surface area contributed by atoms with Crippen molar-refractivity contribution < 1.29 is 27.5 Å². The molecule has 2 heterocycles. The van der Waals surface area contributed by atoms with E-state index in [4.69, 9.17) is 14.3 Å². The number of oxime groups is 1. The molecule has 1 aromatic heterocycles. The number of amides is 1. The molecule has 2 aliphatic rings. The number of rotatable bonds is 13. The Morgan fingerprint density at radius 2 is 1.85 bits per heavy atom. The van der Waals surface area contributed by atoms with Crippen LogP contribution in [0.25, 0.3) is 0 Å². The number of likely N-dealkylation sites (N-methyl/N-ethyl adjacent to an activating group) is 1. The number of benzene rings is 1. The second-order valence-electron chi connectivity index (χ2n) is 10.2. The molecule has 11 nitrogen and oxygen atoms in total. The van der Waals surface area contributed by atoms with Crippen molar-refractivity contribution >= 4 is 37.9 Å². The van der Waals surface area contributed by atoms with Crippen LogP contribution >= 0.6 is 11.3 Å². The topological polar surface area (TPSA) is 123 Å². The van der Waals surface area contributed by atoms with Crippen LogP contribution < -0.4 is 5.32 Å². The van der Waals surface area contributed by atoms with E-state index in [2.05, 4.69) is 32.3 Å². The smallest absolute Gasteiger partial charge is 0.280 e. The number of thiazole rings is 1. The number of nitrogens with one attached hydrogen (secondary N) is 1. The van der Waals surface area contributed by atoms with Crippen molar-refractivity contribution in [3.8, 4) is 0 Å². The van der Waals surface area contributed by atoms with Crippen molar-refractivity contribution in [2.24, 2.45) is 5.16 Å². The molecule has 4 rings (SSSR count). The lowest BCUT2D eigenvalue weighted by atomic mass is 10.1. The Balaban J connectivity index is 1.47. The van der Waals surface area contributed by atoms with Crippen molar-refractivity contribution in [3.05, 3.63) is 40.9 Å². The van der Waals surface area contributed by atoms with Gasteiger partial charge < -0.3 is 19.2 Å². The Morgan fingerprint density at radius 1 is 1.12 bits per heavy atom. The Labute approximate surface area is 240 Å². The van der Waals surface area contributed by atoms with Crippen molar-refractivity contribution in [1.82, 2.24) is 14.8 Å². The van der Waals surface area contributed by atoms with E-state index in [1.165, 1.54) is 30.6 Å². The molecule has 0 unspecified atom stereocenters. The number of carbonyl (C=O) groups excluding carboxylic acids is 1. The van der Waals surface area contributed by atoms with Crippen LogP contribution in [0.3, 0.4) is 0 Å². The second kappa shape index (κ2) is 14.5. The number of hydrogen-bond acceptors (Lipinski definition) is 11. The van der Waals surface area contributed by atoms with Crippen molar-refractivity contribution in [2.75, 3.05) is 65.1 Å². The van der Waals surface area contributed by atoms with Crippen LogP contribution in [-0.4, -0.2) is 107 Å². The molecule has 13 heteroatoms. The molecule has 2 fully saturated rings. The van der Waals surface area contributed by atoms with Gasteiger partial charge in [-0.1, -0.05) is 17.3 Å². The summed E-state index contributed by atoms with van der Waals surface area (Å²) in [5.74, 6) is -0.495. The van der Waals surface area contributed by atoms with Gasteiger partial charge in [0.25, 0.3) is 5.91 Å². The molecule has 1 N–H and O–H groups in total. The van der Waals surface area contributed by atoms with E-state index in [9.17, 15) is 13.2 Å². The van der Waals surface area contributed by atoms with Gasteiger partial charge in [0.05, 0.1) is 16.8 Å². The summed E-state index contributed by atoms with van der Waals surface area (Å²) >= 11 is 1.43. The average Bonchev–Trinajstić information content (AvgIpc) is 3.59. The first-order valence-electron chi connectivity index (χ1n) is 13.5. The van der Waals surface area contributed by atoms with E-state index in [-0.39, 0.29) is 28.6 Å². The van der Waals surface area contributed by atoms with Crippen molar-refractivity contribution in [3.63, 3.8) is 0 Å². The van der Waals surface area contributed by atoms with Crippen LogP contribution in [0.5, 0.6) is 0 Å². The van der Waals surface area contributed by atoms with E-state index in [1.54, 1.807) is 25.4 Å². The van der Waals surface area contributed by atoms with Gasteiger partial charge in [-0.15, -0.1) is 11.3 Å². The second-order valence-corrected chi connectivity index (χ2v) is 13.4. The molecular formula is C27H39N5O6S2. The van der Waals surface area contributed by atoms with Crippen LogP contribution in [0.4, 0.5) is 5.13 Å². The average molecular weight is 594 g/mol. The maximum atomic E-state index is 13.4. The van der Waals surface area contributed by atoms with Crippen LogP contribution in [0.1, 0.15) is 36.1 Å². The standard InChI is InChI=1S/C27H39N5O6S2/c1-31-11-13-32(14-12-31)19-23-18-28-27(39-23)29-26(33)25(30-38-22-8-7-21(17-22)37-3)20-5-9-24(10-6-20)40(34,35)16-4-15-36-2/h5-6,9-10,18,21-22H,4,7-8,11-17,19H2,1-3H3,(H,28,29,33)/b30-25+/t21-,22-/m1/s1. The largest absolute Gasteiger partial charge is 0.392 e. The molecule has 0 radical (unpaired) electrons. The Kier molecular flexibility index (Phi) is 11.0. The fourth-order valence-corrected chi connectivity index (χ4v) is 6.85. The molecule has 2 atom stereocenters. The predicted molar refractivity (Wildman–Crippen MR) is 155 cm³/mol. The van der Waals surface area contributed by atoms with Crippen LogP contribution in [-0.2, 0) is 35.5 Å². The van der Waals surface area contributed by atoms with Gasteiger partial charge in [0, 0.05) is 76.6 Å². The highest BCUT2D eigenvalue weighted by atomic mass is 32.2. The zero-order valence-corrected chi connectivity index (χ0v) is 25.0. The maximum absolute atomic E-state index is 13.4. The molecule has 1 aliphatic carbocycles. The monoisotopic (exact) mass is 593 g/mol. The quantitative estimate of drug-likeness (QED) is 0.212. The number of piperazine rings is 1. The van der Waals surface area contributed by atoms with E-state index in [1.807, 2.05) is 0 Å². The minimum atomic E-state index is -3.47. The maximum Gasteiger partial charge on any atom is 0.280 e.